The molecule has 0 aliphatic carbocycles. The first kappa shape index (κ1) is 18.3. The predicted molar refractivity (Wildman–Crippen MR) is 97.8 cm³/mol. The van der Waals surface area contributed by atoms with Crippen molar-refractivity contribution in [1.82, 2.24) is 5.43 Å². The average Bonchev–Trinajstić information content (AvgIpc) is 2.62. The number of carbonyl (C=O) groups excluding carboxylic acids is 1. The zero-order valence-electron chi connectivity index (χ0n) is 14.4. The Morgan fingerprint density at radius 2 is 1.88 bits per heavy atom. The largest absolute Gasteiger partial charge is 0.272 e. The van der Waals surface area contributed by atoms with Gasteiger partial charge in [0.1, 0.15) is 0 Å². The lowest BCUT2D eigenvalue weighted by Gasteiger charge is -2.07. The van der Waals surface area contributed by atoms with Crippen LogP contribution in [0, 0.1) is 17.0 Å². The SMILES string of the molecule is CCCC/C(=N\NC(=O)c1ccc([N+](=O)[O-])c(C)c1)c1ccccc1. The Balaban J connectivity index is 2.18. The maximum atomic E-state index is 12.3. The molecule has 6 nitrogen and oxygen atoms in total. The Morgan fingerprint density at radius 1 is 1.16 bits per heavy atom. The number of rotatable bonds is 7. The van der Waals surface area contributed by atoms with Crippen molar-refractivity contribution < 1.29 is 9.72 Å². The average molecular weight is 339 g/mol. The molecule has 0 unspecified atom stereocenters. The van der Waals surface area contributed by atoms with Crippen molar-refractivity contribution >= 4 is 17.3 Å². The maximum Gasteiger partial charge on any atom is 0.272 e. The molecular weight excluding hydrogens is 318 g/mol. The normalized spacial score (nSPS) is 11.2. The quantitative estimate of drug-likeness (QED) is 0.465. The van der Waals surface area contributed by atoms with Gasteiger partial charge in [-0.15, -0.1) is 0 Å². The standard InChI is InChI=1S/C19H21N3O3/c1-3-4-10-17(15-8-6-5-7-9-15)20-21-19(23)16-11-12-18(22(24)25)14(2)13-16/h5-9,11-13H,3-4,10H2,1-2H3,(H,21,23)/b20-17+. The molecule has 1 N–H and O–H groups in total. The lowest BCUT2D eigenvalue weighted by atomic mass is 10.1. The van der Waals surface area contributed by atoms with Crippen molar-refractivity contribution in [3.05, 3.63) is 75.3 Å². The van der Waals surface area contributed by atoms with Crippen LogP contribution in [0.3, 0.4) is 0 Å². The van der Waals surface area contributed by atoms with Crippen LogP contribution >= 0.6 is 0 Å². The molecule has 0 spiro atoms. The number of hydrogen-bond donors (Lipinski definition) is 1. The summed E-state index contributed by atoms with van der Waals surface area (Å²) in [5.74, 6) is -0.386. The van der Waals surface area contributed by atoms with Crippen molar-refractivity contribution in [3.8, 4) is 0 Å². The summed E-state index contributed by atoms with van der Waals surface area (Å²) < 4.78 is 0. The van der Waals surface area contributed by atoms with Gasteiger partial charge in [0, 0.05) is 17.2 Å². The number of unbranched alkanes of at least 4 members (excludes halogenated alkanes) is 1. The summed E-state index contributed by atoms with van der Waals surface area (Å²) in [6.07, 6.45) is 2.77. The lowest BCUT2D eigenvalue weighted by molar-refractivity contribution is -0.385. The monoisotopic (exact) mass is 339 g/mol. The number of nitro groups is 1. The van der Waals surface area contributed by atoms with Crippen LogP contribution in [0.5, 0.6) is 0 Å². The number of nitrogens with zero attached hydrogens (tertiary/aromatic N) is 2. The summed E-state index contributed by atoms with van der Waals surface area (Å²) in [6.45, 7) is 3.70. The molecule has 0 saturated carbocycles. The fraction of sp³-hybridized carbons (Fsp3) is 0.263. The van der Waals surface area contributed by atoms with Crippen molar-refractivity contribution in [1.29, 1.82) is 0 Å². The minimum Gasteiger partial charge on any atom is -0.267 e. The highest BCUT2D eigenvalue weighted by molar-refractivity contribution is 6.02. The zero-order chi connectivity index (χ0) is 18.2. The summed E-state index contributed by atoms with van der Waals surface area (Å²) in [4.78, 5) is 22.7. The van der Waals surface area contributed by atoms with Crippen LogP contribution in [0.25, 0.3) is 0 Å². The third kappa shape index (κ3) is 4.97. The molecule has 0 aromatic heterocycles. The molecule has 2 rings (SSSR count). The molecule has 0 fully saturated rings. The fourth-order valence-corrected chi connectivity index (χ4v) is 2.42. The molecular formula is C19H21N3O3. The van der Waals surface area contributed by atoms with Gasteiger partial charge in [-0.05, 0) is 37.5 Å². The number of nitrogens with one attached hydrogen (secondary N) is 1. The van der Waals surface area contributed by atoms with Crippen molar-refractivity contribution in [2.45, 2.75) is 33.1 Å². The second-order valence-electron chi connectivity index (χ2n) is 5.73. The van der Waals surface area contributed by atoms with E-state index in [-0.39, 0.29) is 11.6 Å². The predicted octanol–water partition coefficient (Wildman–Crippen LogP) is 4.23. The van der Waals surface area contributed by atoms with Crippen LogP contribution in [-0.2, 0) is 0 Å². The second-order valence-corrected chi connectivity index (χ2v) is 5.73. The first-order chi connectivity index (χ1) is 12.0. The third-order valence-corrected chi connectivity index (χ3v) is 3.82. The second kappa shape index (κ2) is 8.73. The molecule has 2 aromatic carbocycles. The van der Waals surface area contributed by atoms with E-state index in [1.54, 1.807) is 6.92 Å². The first-order valence-electron chi connectivity index (χ1n) is 8.20. The van der Waals surface area contributed by atoms with Gasteiger partial charge >= 0.3 is 0 Å². The summed E-state index contributed by atoms with van der Waals surface area (Å²) in [5, 5.41) is 15.1. The van der Waals surface area contributed by atoms with Crippen molar-refractivity contribution in [3.63, 3.8) is 0 Å². The van der Waals surface area contributed by atoms with Crippen LogP contribution in [0.15, 0.2) is 53.6 Å². The van der Waals surface area contributed by atoms with Crippen LogP contribution in [0.1, 0.15) is 47.7 Å². The van der Waals surface area contributed by atoms with E-state index >= 15 is 0 Å². The van der Waals surface area contributed by atoms with Gasteiger partial charge in [0.15, 0.2) is 0 Å². The summed E-state index contributed by atoms with van der Waals surface area (Å²) >= 11 is 0. The minimum atomic E-state index is -0.465. The minimum absolute atomic E-state index is 0.00651. The number of carbonyl (C=O) groups is 1. The van der Waals surface area contributed by atoms with Gasteiger partial charge in [0.05, 0.1) is 10.6 Å². The molecule has 0 aliphatic heterocycles. The molecule has 0 aliphatic rings. The smallest absolute Gasteiger partial charge is 0.267 e. The molecule has 0 atom stereocenters. The van der Waals surface area contributed by atoms with Gasteiger partial charge in [0.2, 0.25) is 0 Å². The summed E-state index contributed by atoms with van der Waals surface area (Å²) in [6, 6.07) is 14.0. The van der Waals surface area contributed by atoms with Gasteiger partial charge < -0.3 is 0 Å². The lowest BCUT2D eigenvalue weighted by Crippen LogP contribution is -2.20. The van der Waals surface area contributed by atoms with Gasteiger partial charge in [-0.3, -0.25) is 14.9 Å². The number of nitro benzene ring substituents is 1. The molecule has 6 heteroatoms. The van der Waals surface area contributed by atoms with E-state index in [4.69, 9.17) is 0 Å². The van der Waals surface area contributed by atoms with Gasteiger partial charge in [-0.1, -0.05) is 43.7 Å². The van der Waals surface area contributed by atoms with Gasteiger partial charge in [0.25, 0.3) is 11.6 Å². The Hall–Kier alpha value is -3.02. The zero-order valence-corrected chi connectivity index (χ0v) is 14.4. The summed E-state index contributed by atoms with van der Waals surface area (Å²) in [5.41, 5.74) is 5.12. The number of hydrogen-bond acceptors (Lipinski definition) is 4. The van der Waals surface area contributed by atoms with E-state index in [0.29, 0.717) is 11.1 Å². The molecule has 130 valence electrons. The highest BCUT2D eigenvalue weighted by atomic mass is 16.6. The van der Waals surface area contributed by atoms with Gasteiger partial charge in [-0.25, -0.2) is 5.43 Å². The Kier molecular flexibility index (Phi) is 6.39. The third-order valence-electron chi connectivity index (χ3n) is 3.82. The van der Waals surface area contributed by atoms with Crippen LogP contribution in [0.4, 0.5) is 5.69 Å². The van der Waals surface area contributed by atoms with E-state index in [0.717, 1.165) is 30.5 Å². The molecule has 25 heavy (non-hydrogen) atoms. The van der Waals surface area contributed by atoms with E-state index < -0.39 is 4.92 Å². The Labute approximate surface area is 146 Å². The van der Waals surface area contributed by atoms with Crippen LogP contribution < -0.4 is 5.43 Å². The Morgan fingerprint density at radius 3 is 2.48 bits per heavy atom. The van der Waals surface area contributed by atoms with E-state index in [2.05, 4.69) is 17.5 Å². The highest BCUT2D eigenvalue weighted by Gasteiger charge is 2.14. The van der Waals surface area contributed by atoms with Crippen LogP contribution in [0.2, 0.25) is 0 Å². The molecule has 1 amide bonds. The Bertz CT molecular complexity index is 786. The van der Waals surface area contributed by atoms with Crippen LogP contribution in [-0.4, -0.2) is 16.5 Å². The number of benzene rings is 2. The molecule has 0 heterocycles. The highest BCUT2D eigenvalue weighted by Crippen LogP contribution is 2.18. The molecule has 2 aromatic rings. The fourth-order valence-electron chi connectivity index (χ4n) is 2.42. The topological polar surface area (TPSA) is 84.6 Å². The molecule has 0 saturated heterocycles. The molecule has 0 bridgehead atoms. The maximum absolute atomic E-state index is 12.3. The van der Waals surface area contributed by atoms with Crippen molar-refractivity contribution in [2.24, 2.45) is 5.10 Å². The van der Waals surface area contributed by atoms with Crippen molar-refractivity contribution in [2.75, 3.05) is 0 Å². The van der Waals surface area contributed by atoms with E-state index in [1.807, 2.05) is 30.3 Å². The number of hydrazone groups is 1. The van der Waals surface area contributed by atoms with E-state index in [9.17, 15) is 14.9 Å². The summed E-state index contributed by atoms with van der Waals surface area (Å²) in [7, 11) is 0. The van der Waals surface area contributed by atoms with Gasteiger partial charge in [-0.2, -0.15) is 5.10 Å². The molecule has 0 radical (unpaired) electrons. The number of aryl methyl sites for hydroxylation is 1. The first-order valence-corrected chi connectivity index (χ1v) is 8.20. The van der Waals surface area contributed by atoms with E-state index in [1.165, 1.54) is 18.2 Å². The number of amides is 1.